The number of carbonyl (C=O) groups is 1. The maximum absolute atomic E-state index is 13.6. The summed E-state index contributed by atoms with van der Waals surface area (Å²) in [6, 6.07) is 3.64. The summed E-state index contributed by atoms with van der Waals surface area (Å²) >= 11 is 2.94. The van der Waals surface area contributed by atoms with Crippen molar-refractivity contribution in [2.75, 3.05) is 5.33 Å². The fourth-order valence-corrected chi connectivity index (χ4v) is 1.59. The van der Waals surface area contributed by atoms with Crippen LogP contribution in [0.15, 0.2) is 18.2 Å². The van der Waals surface area contributed by atoms with Crippen molar-refractivity contribution in [3.05, 3.63) is 35.1 Å². The molecule has 0 aliphatic heterocycles. The molecule has 0 aromatic heterocycles. The lowest BCUT2D eigenvalue weighted by Crippen LogP contribution is -2.21. The van der Waals surface area contributed by atoms with Crippen molar-refractivity contribution in [2.24, 2.45) is 0 Å². The Morgan fingerprint density at radius 2 is 2.06 bits per heavy atom. The van der Waals surface area contributed by atoms with Crippen LogP contribution >= 0.6 is 15.9 Å². The highest BCUT2D eigenvalue weighted by molar-refractivity contribution is 9.09. The molecule has 4 nitrogen and oxygen atoms in total. The number of carboxylic acids is 1. The van der Waals surface area contributed by atoms with Crippen LogP contribution in [0.2, 0.25) is 0 Å². The molecule has 0 saturated heterocycles. The molecule has 0 aliphatic rings. The lowest BCUT2D eigenvalue weighted by Gasteiger charge is -2.17. The van der Waals surface area contributed by atoms with E-state index < -0.39 is 29.6 Å². The number of hydrogen-bond donors (Lipinski definition) is 3. The minimum absolute atomic E-state index is 0.0604. The Morgan fingerprint density at radius 3 is 2.56 bits per heavy atom. The number of aliphatic hydroxyl groups is 2. The molecule has 0 spiro atoms. The Labute approximate surface area is 99.5 Å². The van der Waals surface area contributed by atoms with E-state index in [2.05, 4.69) is 15.9 Å². The molecule has 6 heteroatoms. The third-order valence-corrected chi connectivity index (χ3v) is 2.76. The third-order valence-electron chi connectivity index (χ3n) is 2.10. The molecule has 0 amide bonds. The standard InChI is InChI=1S/C10H10BrFO4/c11-4-7(13)9(14)5-2-1-3-6(8(5)12)10(15)16/h1-3,7,9,13-14H,4H2,(H,15,16). The molecular formula is C10H10BrFO4. The van der Waals surface area contributed by atoms with E-state index in [1.54, 1.807) is 0 Å². The van der Waals surface area contributed by atoms with Crippen LogP contribution in [0.1, 0.15) is 22.0 Å². The first-order chi connectivity index (χ1) is 7.49. The molecule has 0 radical (unpaired) electrons. The van der Waals surface area contributed by atoms with Gasteiger partial charge >= 0.3 is 5.97 Å². The van der Waals surface area contributed by atoms with Crippen LogP contribution in [0, 0.1) is 5.82 Å². The average molecular weight is 293 g/mol. The number of hydrogen-bond acceptors (Lipinski definition) is 3. The van der Waals surface area contributed by atoms with Gasteiger partial charge in [-0.25, -0.2) is 9.18 Å². The van der Waals surface area contributed by atoms with Crippen LogP contribution in [0.25, 0.3) is 0 Å². The third kappa shape index (κ3) is 2.58. The number of benzene rings is 1. The second kappa shape index (κ2) is 5.38. The van der Waals surface area contributed by atoms with Crippen LogP contribution in [0.5, 0.6) is 0 Å². The normalized spacial score (nSPS) is 14.5. The van der Waals surface area contributed by atoms with Gasteiger partial charge in [0.2, 0.25) is 0 Å². The van der Waals surface area contributed by atoms with E-state index in [-0.39, 0.29) is 10.9 Å². The van der Waals surface area contributed by atoms with E-state index >= 15 is 0 Å². The smallest absolute Gasteiger partial charge is 0.338 e. The molecule has 0 aliphatic carbocycles. The Kier molecular flexibility index (Phi) is 4.40. The number of aromatic carboxylic acids is 1. The minimum Gasteiger partial charge on any atom is -0.478 e. The van der Waals surface area contributed by atoms with Gasteiger partial charge in [-0.2, -0.15) is 0 Å². The topological polar surface area (TPSA) is 77.8 Å². The molecule has 0 heterocycles. The first-order valence-corrected chi connectivity index (χ1v) is 5.55. The van der Waals surface area contributed by atoms with E-state index in [4.69, 9.17) is 5.11 Å². The molecule has 3 N–H and O–H groups in total. The number of aliphatic hydroxyl groups excluding tert-OH is 2. The molecule has 0 saturated carbocycles. The molecule has 2 unspecified atom stereocenters. The quantitative estimate of drug-likeness (QED) is 0.732. The predicted molar refractivity (Wildman–Crippen MR) is 58.1 cm³/mol. The van der Waals surface area contributed by atoms with Gasteiger partial charge in [0.05, 0.1) is 11.7 Å². The SMILES string of the molecule is O=C(O)c1cccc(C(O)C(O)CBr)c1F. The number of carboxylic acid groups (broad SMARTS) is 1. The summed E-state index contributed by atoms with van der Waals surface area (Å²) < 4.78 is 13.6. The van der Waals surface area contributed by atoms with Crippen molar-refractivity contribution in [3.8, 4) is 0 Å². The molecule has 2 atom stereocenters. The summed E-state index contributed by atoms with van der Waals surface area (Å²) in [5.41, 5.74) is -0.759. The second-order valence-corrected chi connectivity index (χ2v) is 3.83. The van der Waals surface area contributed by atoms with E-state index in [1.807, 2.05) is 0 Å². The Balaban J connectivity index is 3.15. The highest BCUT2D eigenvalue weighted by atomic mass is 79.9. The fraction of sp³-hybridized carbons (Fsp3) is 0.300. The molecule has 1 aromatic rings. The van der Waals surface area contributed by atoms with Crippen molar-refractivity contribution in [1.82, 2.24) is 0 Å². The fourth-order valence-electron chi connectivity index (χ4n) is 1.24. The van der Waals surface area contributed by atoms with E-state index in [1.165, 1.54) is 12.1 Å². The number of halogens is 2. The van der Waals surface area contributed by atoms with E-state index in [0.29, 0.717) is 0 Å². The average Bonchev–Trinajstić information content (AvgIpc) is 2.27. The van der Waals surface area contributed by atoms with Crippen molar-refractivity contribution in [3.63, 3.8) is 0 Å². The van der Waals surface area contributed by atoms with Gasteiger partial charge < -0.3 is 15.3 Å². The lowest BCUT2D eigenvalue weighted by molar-refractivity contribution is 0.0317. The van der Waals surface area contributed by atoms with Crippen molar-refractivity contribution < 1.29 is 24.5 Å². The largest absolute Gasteiger partial charge is 0.478 e. The van der Waals surface area contributed by atoms with Crippen LogP contribution < -0.4 is 0 Å². The van der Waals surface area contributed by atoms with Crippen LogP contribution in [0.3, 0.4) is 0 Å². The Morgan fingerprint density at radius 1 is 1.44 bits per heavy atom. The summed E-state index contributed by atoms with van der Waals surface area (Å²) in [5.74, 6) is -2.44. The summed E-state index contributed by atoms with van der Waals surface area (Å²) in [5, 5.41) is 27.6. The van der Waals surface area contributed by atoms with Gasteiger partial charge in [-0.3, -0.25) is 0 Å². The maximum atomic E-state index is 13.6. The van der Waals surface area contributed by atoms with Gasteiger partial charge in [-0.05, 0) is 6.07 Å². The van der Waals surface area contributed by atoms with Gasteiger partial charge in [0.1, 0.15) is 11.9 Å². The van der Waals surface area contributed by atoms with Crippen LogP contribution in [-0.4, -0.2) is 32.7 Å². The highest BCUT2D eigenvalue weighted by Gasteiger charge is 2.23. The molecule has 0 fully saturated rings. The maximum Gasteiger partial charge on any atom is 0.338 e. The molecule has 0 bridgehead atoms. The second-order valence-electron chi connectivity index (χ2n) is 3.18. The van der Waals surface area contributed by atoms with Crippen LogP contribution in [0.4, 0.5) is 4.39 Å². The van der Waals surface area contributed by atoms with E-state index in [0.717, 1.165) is 6.07 Å². The summed E-state index contributed by atoms with van der Waals surface area (Å²) in [4.78, 5) is 10.6. The molecule has 16 heavy (non-hydrogen) atoms. The predicted octanol–water partition coefficient (Wildman–Crippen LogP) is 1.31. The van der Waals surface area contributed by atoms with Crippen LogP contribution in [-0.2, 0) is 0 Å². The number of rotatable bonds is 4. The monoisotopic (exact) mass is 292 g/mol. The summed E-state index contributed by atoms with van der Waals surface area (Å²) in [6.07, 6.45) is -2.66. The Bertz CT molecular complexity index is 396. The van der Waals surface area contributed by atoms with Crippen molar-refractivity contribution in [1.29, 1.82) is 0 Å². The first kappa shape index (κ1) is 13.1. The highest BCUT2D eigenvalue weighted by Crippen LogP contribution is 2.23. The van der Waals surface area contributed by atoms with Gasteiger partial charge in [-0.1, -0.05) is 28.1 Å². The van der Waals surface area contributed by atoms with Gasteiger partial charge in [0.25, 0.3) is 0 Å². The molecular weight excluding hydrogens is 283 g/mol. The number of alkyl halides is 1. The zero-order chi connectivity index (χ0) is 12.3. The zero-order valence-corrected chi connectivity index (χ0v) is 9.69. The van der Waals surface area contributed by atoms with Crippen molar-refractivity contribution >= 4 is 21.9 Å². The summed E-state index contributed by atoms with van der Waals surface area (Å²) in [6.45, 7) is 0. The molecule has 1 rings (SSSR count). The zero-order valence-electron chi connectivity index (χ0n) is 8.10. The molecule has 88 valence electrons. The van der Waals surface area contributed by atoms with E-state index in [9.17, 15) is 19.4 Å². The molecule has 1 aromatic carbocycles. The first-order valence-electron chi connectivity index (χ1n) is 4.42. The van der Waals surface area contributed by atoms with Gasteiger partial charge in [0.15, 0.2) is 0 Å². The van der Waals surface area contributed by atoms with Crippen molar-refractivity contribution in [2.45, 2.75) is 12.2 Å². The summed E-state index contributed by atoms with van der Waals surface area (Å²) in [7, 11) is 0. The van der Waals surface area contributed by atoms with Gasteiger partial charge in [-0.15, -0.1) is 0 Å². The minimum atomic E-state index is -1.46. The Hall–Kier alpha value is -0.980. The lowest BCUT2D eigenvalue weighted by atomic mass is 10.0. The van der Waals surface area contributed by atoms with Gasteiger partial charge in [0, 0.05) is 10.9 Å².